The van der Waals surface area contributed by atoms with Crippen molar-refractivity contribution in [3.63, 3.8) is 0 Å². The number of benzene rings is 1. The molecule has 5 rings (SSSR count). The number of rotatable bonds is 4. The van der Waals surface area contributed by atoms with Gasteiger partial charge in [-0.05, 0) is 23.1 Å². The summed E-state index contributed by atoms with van der Waals surface area (Å²) < 4.78 is 7.33. The highest BCUT2D eigenvalue weighted by atomic mass is 16.6. The predicted molar refractivity (Wildman–Crippen MR) is 119 cm³/mol. The lowest BCUT2D eigenvalue weighted by molar-refractivity contribution is -0.389. The van der Waals surface area contributed by atoms with Crippen molar-refractivity contribution in [1.82, 2.24) is 19.5 Å². The van der Waals surface area contributed by atoms with Crippen molar-refractivity contribution in [3.8, 4) is 6.01 Å². The fraction of sp³-hybridized carbons (Fsp3) is 0.381. The van der Waals surface area contributed by atoms with Gasteiger partial charge in [0.1, 0.15) is 18.6 Å². The van der Waals surface area contributed by atoms with Crippen molar-refractivity contribution in [2.45, 2.75) is 6.54 Å². The third kappa shape index (κ3) is 4.13. The number of hydrogen-bond acceptors (Lipinski definition) is 9. The molecule has 1 saturated heterocycles. The van der Waals surface area contributed by atoms with Gasteiger partial charge in [-0.15, -0.1) is 0 Å². The van der Waals surface area contributed by atoms with E-state index in [1.54, 1.807) is 10.8 Å². The Bertz CT molecular complexity index is 1080. The van der Waals surface area contributed by atoms with Crippen LogP contribution in [-0.2, 0) is 6.54 Å². The molecule has 166 valence electrons. The number of nitrogens with zero attached hydrogens (tertiary/aromatic N) is 8. The Morgan fingerprint density at radius 2 is 1.62 bits per heavy atom. The summed E-state index contributed by atoms with van der Waals surface area (Å²) in [6.07, 6.45) is 3.20. The first kappa shape index (κ1) is 20.0. The van der Waals surface area contributed by atoms with Gasteiger partial charge in [-0.2, -0.15) is 4.98 Å². The molecule has 4 heterocycles. The highest BCUT2D eigenvalue weighted by Crippen LogP contribution is 2.22. The lowest BCUT2D eigenvalue weighted by Crippen LogP contribution is -2.47. The van der Waals surface area contributed by atoms with Gasteiger partial charge in [0.05, 0.1) is 6.54 Å². The first-order chi connectivity index (χ1) is 15.7. The Balaban J connectivity index is 1.25. The minimum atomic E-state index is -0.507. The van der Waals surface area contributed by atoms with E-state index in [0.717, 1.165) is 37.9 Å². The van der Waals surface area contributed by atoms with E-state index in [2.05, 4.69) is 48.9 Å². The molecule has 3 aromatic rings. The maximum absolute atomic E-state index is 11.0. The summed E-state index contributed by atoms with van der Waals surface area (Å²) in [5.41, 5.74) is 1.24. The van der Waals surface area contributed by atoms with E-state index < -0.39 is 4.92 Å². The molecule has 1 fully saturated rings. The monoisotopic (exact) mass is 436 g/mol. The summed E-state index contributed by atoms with van der Waals surface area (Å²) >= 11 is 0. The number of anilines is 3. The Kier molecular flexibility index (Phi) is 5.44. The van der Waals surface area contributed by atoms with Crippen molar-refractivity contribution in [3.05, 3.63) is 58.9 Å². The quantitative estimate of drug-likeness (QED) is 0.447. The highest BCUT2D eigenvalue weighted by molar-refractivity contribution is 5.49. The predicted octanol–water partition coefficient (Wildman–Crippen LogP) is 1.81. The van der Waals surface area contributed by atoms with E-state index in [4.69, 9.17) is 9.72 Å². The van der Waals surface area contributed by atoms with Gasteiger partial charge in [-0.25, -0.2) is 4.98 Å². The summed E-state index contributed by atoms with van der Waals surface area (Å²) in [6.45, 7) is 5.66. The van der Waals surface area contributed by atoms with Gasteiger partial charge in [-0.3, -0.25) is 4.57 Å². The smallest absolute Gasteiger partial charge is 0.414 e. The van der Waals surface area contributed by atoms with Gasteiger partial charge < -0.3 is 29.6 Å². The summed E-state index contributed by atoms with van der Waals surface area (Å²) in [4.78, 5) is 30.4. The summed E-state index contributed by atoms with van der Waals surface area (Å²) in [7, 11) is 0. The summed E-state index contributed by atoms with van der Waals surface area (Å²) in [6, 6.07) is 12.6. The van der Waals surface area contributed by atoms with Crippen LogP contribution < -0.4 is 19.4 Å². The van der Waals surface area contributed by atoms with Crippen LogP contribution in [0, 0.1) is 10.1 Å². The van der Waals surface area contributed by atoms with Crippen LogP contribution in [0.15, 0.2) is 48.8 Å². The average Bonchev–Trinajstić information content (AvgIpc) is 3.22. The molecule has 0 radical (unpaired) electrons. The molecule has 0 amide bonds. The number of aromatic nitrogens is 4. The maximum atomic E-state index is 11.0. The number of piperazine rings is 1. The van der Waals surface area contributed by atoms with Crippen LogP contribution in [0.1, 0.15) is 0 Å². The van der Waals surface area contributed by atoms with Gasteiger partial charge in [0, 0.05) is 56.1 Å². The lowest BCUT2D eigenvalue weighted by atomic mass is 10.2. The zero-order valence-corrected chi connectivity index (χ0v) is 17.6. The molecule has 11 heteroatoms. The molecule has 2 aliphatic rings. The average molecular weight is 436 g/mol. The zero-order valence-electron chi connectivity index (χ0n) is 17.6. The van der Waals surface area contributed by atoms with Gasteiger partial charge in [0.15, 0.2) is 0 Å². The van der Waals surface area contributed by atoms with Crippen LogP contribution in [0.4, 0.5) is 23.3 Å². The van der Waals surface area contributed by atoms with E-state index in [-0.39, 0.29) is 11.8 Å². The molecule has 0 unspecified atom stereocenters. The molecule has 2 aliphatic heterocycles. The van der Waals surface area contributed by atoms with Crippen molar-refractivity contribution in [2.75, 3.05) is 60.6 Å². The van der Waals surface area contributed by atoms with Gasteiger partial charge >= 0.3 is 11.8 Å². The highest BCUT2D eigenvalue weighted by Gasteiger charge is 2.24. The van der Waals surface area contributed by atoms with Crippen LogP contribution in [-0.4, -0.2) is 70.3 Å². The molecule has 0 atom stereocenters. The summed E-state index contributed by atoms with van der Waals surface area (Å²) in [5.74, 6) is 1.34. The van der Waals surface area contributed by atoms with Crippen molar-refractivity contribution in [1.29, 1.82) is 0 Å². The van der Waals surface area contributed by atoms with E-state index >= 15 is 0 Å². The molecule has 0 spiro atoms. The Morgan fingerprint density at radius 3 is 2.41 bits per heavy atom. The van der Waals surface area contributed by atoms with Crippen LogP contribution in [0.3, 0.4) is 0 Å². The minimum Gasteiger partial charge on any atom is -0.444 e. The van der Waals surface area contributed by atoms with E-state index in [9.17, 15) is 10.1 Å². The Hall–Kier alpha value is -3.89. The molecule has 2 aromatic heterocycles. The topological polar surface area (TPSA) is 106 Å². The Morgan fingerprint density at radius 1 is 0.875 bits per heavy atom. The normalized spacial score (nSPS) is 16.7. The molecule has 0 bridgehead atoms. The zero-order chi connectivity index (χ0) is 21.9. The van der Waals surface area contributed by atoms with E-state index in [1.165, 1.54) is 11.9 Å². The molecule has 0 aliphatic carbocycles. The molecular formula is C21H24N8O3. The molecule has 1 aromatic carbocycles. The van der Waals surface area contributed by atoms with Crippen molar-refractivity contribution >= 4 is 23.3 Å². The van der Waals surface area contributed by atoms with Crippen molar-refractivity contribution < 1.29 is 9.66 Å². The van der Waals surface area contributed by atoms with Crippen LogP contribution in [0.2, 0.25) is 0 Å². The third-order valence-electron chi connectivity index (χ3n) is 5.75. The van der Waals surface area contributed by atoms with Gasteiger partial charge in [-0.1, -0.05) is 18.2 Å². The van der Waals surface area contributed by atoms with Crippen LogP contribution in [0.25, 0.3) is 0 Å². The maximum Gasteiger partial charge on any atom is 0.414 e. The van der Waals surface area contributed by atoms with Crippen molar-refractivity contribution in [2.24, 2.45) is 0 Å². The van der Waals surface area contributed by atoms with Gasteiger partial charge in [0.25, 0.3) is 0 Å². The fourth-order valence-corrected chi connectivity index (χ4v) is 4.04. The van der Waals surface area contributed by atoms with Gasteiger partial charge in [0.2, 0.25) is 5.95 Å². The number of fused-ring (bicyclic) bond motifs is 1. The fourth-order valence-electron chi connectivity index (χ4n) is 4.04. The number of imidazole rings is 1. The number of para-hydroxylation sites is 1. The molecule has 0 N–H and O–H groups in total. The molecule has 32 heavy (non-hydrogen) atoms. The molecule has 11 nitrogen and oxygen atoms in total. The standard InChI is InChI=1S/C21H24N8O3/c30-29(31)19-16-28-13-10-26(14-15-32-21(28)24-19)18-6-7-22-20(23-18)27-11-8-25(9-12-27)17-4-2-1-3-5-17/h1-7,16H,8-15H2. The Labute approximate surface area is 185 Å². The van der Waals surface area contributed by atoms with E-state index in [0.29, 0.717) is 26.2 Å². The minimum absolute atomic E-state index is 0.201. The summed E-state index contributed by atoms with van der Waals surface area (Å²) in [5, 5.41) is 11.0. The van der Waals surface area contributed by atoms with E-state index in [1.807, 2.05) is 12.1 Å². The number of nitro groups is 1. The molecular weight excluding hydrogens is 412 g/mol. The van der Waals surface area contributed by atoms with Crippen LogP contribution >= 0.6 is 0 Å². The SMILES string of the molecule is O=[N+]([O-])c1cn2c(n1)OCCN(c1ccnc(N3CCN(c4ccccc4)CC3)n1)CC2. The second-order valence-electron chi connectivity index (χ2n) is 7.69. The second kappa shape index (κ2) is 8.69. The third-order valence-corrected chi connectivity index (χ3v) is 5.75. The lowest BCUT2D eigenvalue weighted by Gasteiger charge is -2.36. The second-order valence-corrected chi connectivity index (χ2v) is 7.69. The largest absolute Gasteiger partial charge is 0.444 e. The molecule has 0 saturated carbocycles. The number of ether oxygens (including phenoxy) is 1. The van der Waals surface area contributed by atoms with Crippen LogP contribution in [0.5, 0.6) is 6.01 Å². The first-order valence-electron chi connectivity index (χ1n) is 10.6. The number of hydrogen-bond donors (Lipinski definition) is 0. The first-order valence-corrected chi connectivity index (χ1v) is 10.6.